The first-order chi connectivity index (χ1) is 5.18. The van der Waals surface area contributed by atoms with Crippen molar-refractivity contribution >= 4 is 38.8 Å². The van der Waals surface area contributed by atoms with Gasteiger partial charge in [0, 0.05) is 6.08 Å². The van der Waals surface area contributed by atoms with E-state index in [2.05, 4.69) is 15.9 Å². The zero-order valence-electron chi connectivity index (χ0n) is 5.38. The highest BCUT2D eigenvalue weighted by Gasteiger charge is 1.94. The maximum absolute atomic E-state index is 10.2. The summed E-state index contributed by atoms with van der Waals surface area (Å²) in [4.78, 5) is 10.2. The summed E-state index contributed by atoms with van der Waals surface area (Å²) in [6, 6.07) is 1.73. The zero-order valence-corrected chi connectivity index (χ0v) is 7.72. The summed E-state index contributed by atoms with van der Waals surface area (Å²) in [6.07, 6.45) is 4.26. The molecule has 0 aliphatic rings. The van der Waals surface area contributed by atoms with E-state index in [9.17, 15) is 4.79 Å². The molecule has 0 aromatic carbocycles. The number of carbonyl (C=O) groups excluding carboxylic acids is 1. The Morgan fingerprint density at radius 2 is 2.45 bits per heavy atom. The van der Waals surface area contributed by atoms with Crippen molar-refractivity contribution < 1.29 is 9.21 Å². The van der Waals surface area contributed by atoms with Crippen LogP contribution in [0.3, 0.4) is 0 Å². The number of hydrogen-bond donors (Lipinski definition) is 0. The zero-order chi connectivity index (χ0) is 8.27. The Hall–Kier alpha value is -0.540. The molecule has 0 aliphatic carbocycles. The molecule has 1 aromatic rings. The molecule has 0 fully saturated rings. The molecule has 0 amide bonds. The minimum atomic E-state index is -0.516. The second-order valence-corrected chi connectivity index (χ2v) is 3.09. The van der Waals surface area contributed by atoms with Gasteiger partial charge in [-0.05, 0) is 39.7 Å². The van der Waals surface area contributed by atoms with E-state index in [4.69, 9.17) is 16.0 Å². The van der Waals surface area contributed by atoms with Gasteiger partial charge in [0.05, 0.1) is 4.47 Å². The van der Waals surface area contributed by atoms with Gasteiger partial charge in [-0.25, -0.2) is 0 Å². The van der Waals surface area contributed by atoms with Gasteiger partial charge in [0.15, 0.2) is 0 Å². The lowest BCUT2D eigenvalue weighted by molar-refractivity contribution is -0.107. The Bertz CT molecular complexity index is 290. The molecule has 0 unspecified atom stereocenters. The number of halogens is 2. The number of hydrogen-bond acceptors (Lipinski definition) is 2. The predicted octanol–water partition coefficient (Wildman–Crippen LogP) is 2.82. The average molecular weight is 235 g/mol. The number of allylic oxidation sites excluding steroid dienone is 1. The second-order valence-electron chi connectivity index (χ2n) is 1.80. The average Bonchev–Trinajstić information content (AvgIpc) is 2.31. The first kappa shape index (κ1) is 8.56. The fourth-order valence-corrected chi connectivity index (χ4v) is 0.945. The van der Waals surface area contributed by atoms with Crippen LogP contribution >= 0.6 is 27.5 Å². The minimum Gasteiger partial charge on any atom is -0.464 e. The van der Waals surface area contributed by atoms with Crippen LogP contribution in [0.4, 0.5) is 0 Å². The fourth-order valence-electron chi connectivity index (χ4n) is 0.563. The van der Waals surface area contributed by atoms with Crippen LogP contribution in [-0.4, -0.2) is 5.24 Å². The molecule has 0 aliphatic heterocycles. The van der Waals surface area contributed by atoms with Crippen LogP contribution in [0.1, 0.15) is 5.76 Å². The molecule has 11 heavy (non-hydrogen) atoms. The number of furan rings is 1. The van der Waals surface area contributed by atoms with E-state index in [1.165, 1.54) is 18.4 Å². The van der Waals surface area contributed by atoms with Crippen molar-refractivity contribution in [1.29, 1.82) is 0 Å². The van der Waals surface area contributed by atoms with Crippen molar-refractivity contribution in [2.24, 2.45) is 0 Å². The van der Waals surface area contributed by atoms with Gasteiger partial charge in [0.2, 0.25) is 5.24 Å². The highest BCUT2D eigenvalue weighted by molar-refractivity contribution is 9.10. The quantitative estimate of drug-likeness (QED) is 0.583. The van der Waals surface area contributed by atoms with Crippen molar-refractivity contribution in [2.45, 2.75) is 0 Å². The van der Waals surface area contributed by atoms with Crippen LogP contribution in [0.5, 0.6) is 0 Å². The lowest BCUT2D eigenvalue weighted by atomic mass is 10.4. The van der Waals surface area contributed by atoms with Crippen molar-refractivity contribution in [3.05, 3.63) is 28.6 Å². The van der Waals surface area contributed by atoms with Gasteiger partial charge < -0.3 is 4.42 Å². The first-order valence-electron chi connectivity index (χ1n) is 2.80. The van der Waals surface area contributed by atoms with Gasteiger partial charge in [-0.2, -0.15) is 0 Å². The van der Waals surface area contributed by atoms with Gasteiger partial charge in [-0.15, -0.1) is 0 Å². The van der Waals surface area contributed by atoms with E-state index in [1.807, 2.05) is 0 Å². The number of rotatable bonds is 2. The molecule has 0 atom stereocenters. The maximum atomic E-state index is 10.2. The number of carbonyl (C=O) groups is 1. The van der Waals surface area contributed by atoms with Crippen LogP contribution < -0.4 is 0 Å². The van der Waals surface area contributed by atoms with Crippen LogP contribution in [0.2, 0.25) is 0 Å². The topological polar surface area (TPSA) is 30.2 Å². The molecule has 0 radical (unpaired) electrons. The fraction of sp³-hybridized carbons (Fsp3) is 0. The molecule has 0 spiro atoms. The molecule has 1 heterocycles. The van der Waals surface area contributed by atoms with E-state index in [-0.39, 0.29) is 0 Å². The lowest BCUT2D eigenvalue weighted by Gasteiger charge is -1.78. The van der Waals surface area contributed by atoms with Gasteiger partial charge in [-0.3, -0.25) is 4.79 Å². The largest absolute Gasteiger partial charge is 0.464 e. The molecule has 1 rings (SSSR count). The van der Waals surface area contributed by atoms with E-state index in [0.717, 1.165) is 4.47 Å². The monoisotopic (exact) mass is 234 g/mol. The van der Waals surface area contributed by atoms with E-state index in [0.29, 0.717) is 5.76 Å². The standard InChI is InChI=1S/C7H4BrClO2/c8-5-3-6(11-4-5)1-2-7(9)10/h1-4H. The molecule has 0 N–H and O–H groups in total. The SMILES string of the molecule is O=C(Cl)C=Cc1cc(Br)co1. The van der Waals surface area contributed by atoms with Gasteiger partial charge >= 0.3 is 0 Å². The molecule has 0 saturated carbocycles. The van der Waals surface area contributed by atoms with Gasteiger partial charge in [0.1, 0.15) is 12.0 Å². The summed E-state index contributed by atoms with van der Waals surface area (Å²) < 4.78 is 5.80. The molecule has 2 nitrogen and oxygen atoms in total. The van der Waals surface area contributed by atoms with Crippen molar-refractivity contribution in [2.75, 3.05) is 0 Å². The normalized spacial score (nSPS) is 10.7. The van der Waals surface area contributed by atoms with Crippen molar-refractivity contribution in [3.8, 4) is 0 Å². The first-order valence-corrected chi connectivity index (χ1v) is 3.97. The minimum absolute atomic E-state index is 0.516. The molecule has 0 bridgehead atoms. The summed E-state index contributed by atoms with van der Waals surface area (Å²) in [6.45, 7) is 0. The highest BCUT2D eigenvalue weighted by atomic mass is 79.9. The molecular weight excluding hydrogens is 231 g/mol. The van der Waals surface area contributed by atoms with Crippen LogP contribution in [0, 0.1) is 0 Å². The third-order valence-corrected chi connectivity index (χ3v) is 1.51. The Kier molecular flexibility index (Phi) is 2.91. The van der Waals surface area contributed by atoms with Crippen molar-refractivity contribution in [1.82, 2.24) is 0 Å². The van der Waals surface area contributed by atoms with Crippen LogP contribution in [-0.2, 0) is 4.79 Å². The summed E-state index contributed by atoms with van der Waals surface area (Å²) in [5, 5.41) is -0.516. The molecule has 0 saturated heterocycles. The third-order valence-electron chi connectivity index (χ3n) is 0.966. The Labute approximate surface area is 77.0 Å². The molecule has 4 heteroatoms. The predicted molar refractivity (Wildman–Crippen MR) is 46.3 cm³/mol. The van der Waals surface area contributed by atoms with Crippen molar-refractivity contribution in [3.63, 3.8) is 0 Å². The Balaban J connectivity index is 2.71. The summed E-state index contributed by atoms with van der Waals surface area (Å²) in [5.41, 5.74) is 0. The van der Waals surface area contributed by atoms with E-state index >= 15 is 0 Å². The summed E-state index contributed by atoms with van der Waals surface area (Å²) in [7, 11) is 0. The van der Waals surface area contributed by atoms with Gasteiger partial charge in [0.25, 0.3) is 0 Å². The van der Waals surface area contributed by atoms with Gasteiger partial charge in [-0.1, -0.05) is 0 Å². The van der Waals surface area contributed by atoms with Crippen LogP contribution in [0.15, 0.2) is 27.3 Å². The molecule has 58 valence electrons. The molecular formula is C7H4BrClO2. The Morgan fingerprint density at radius 3 is 2.91 bits per heavy atom. The second kappa shape index (κ2) is 3.74. The summed E-state index contributed by atoms with van der Waals surface area (Å²) >= 11 is 8.25. The van der Waals surface area contributed by atoms with E-state index < -0.39 is 5.24 Å². The third kappa shape index (κ3) is 2.91. The summed E-state index contributed by atoms with van der Waals surface area (Å²) in [5.74, 6) is 0.589. The maximum Gasteiger partial charge on any atom is 0.245 e. The highest BCUT2D eigenvalue weighted by Crippen LogP contribution is 2.14. The lowest BCUT2D eigenvalue weighted by Crippen LogP contribution is -1.73. The smallest absolute Gasteiger partial charge is 0.245 e. The Morgan fingerprint density at radius 1 is 1.73 bits per heavy atom. The van der Waals surface area contributed by atoms with Crippen LogP contribution in [0.25, 0.3) is 6.08 Å². The molecule has 1 aromatic heterocycles. The van der Waals surface area contributed by atoms with E-state index in [1.54, 1.807) is 6.07 Å².